The molecule has 30 heavy (non-hydrogen) atoms. The van der Waals surface area contributed by atoms with Crippen LogP contribution in [0.1, 0.15) is 37.3 Å². The van der Waals surface area contributed by atoms with E-state index in [9.17, 15) is 14.4 Å². The molecule has 0 aromatic heterocycles. The summed E-state index contributed by atoms with van der Waals surface area (Å²) < 4.78 is 0. The van der Waals surface area contributed by atoms with Gasteiger partial charge < -0.3 is 20.9 Å². The average molecular weight is 409 g/mol. The fourth-order valence-electron chi connectivity index (χ4n) is 3.55. The van der Waals surface area contributed by atoms with Gasteiger partial charge in [0.25, 0.3) is 0 Å². The van der Waals surface area contributed by atoms with Crippen molar-refractivity contribution in [2.75, 3.05) is 25.0 Å². The van der Waals surface area contributed by atoms with Crippen LogP contribution in [0.4, 0.5) is 10.5 Å². The van der Waals surface area contributed by atoms with E-state index in [0.717, 1.165) is 24.8 Å². The minimum Gasteiger partial charge on any atom is -0.356 e. The number of hydrogen-bond donors (Lipinski definition) is 3. The van der Waals surface area contributed by atoms with Gasteiger partial charge in [0.05, 0.1) is 19.0 Å². The maximum atomic E-state index is 13.1. The van der Waals surface area contributed by atoms with E-state index in [2.05, 4.69) is 16.0 Å². The number of anilines is 1. The van der Waals surface area contributed by atoms with Gasteiger partial charge in [0.15, 0.2) is 0 Å². The van der Waals surface area contributed by atoms with Crippen LogP contribution in [0.15, 0.2) is 60.7 Å². The summed E-state index contributed by atoms with van der Waals surface area (Å²) in [6.07, 6.45) is 2.86. The Kier molecular flexibility index (Phi) is 7.83. The summed E-state index contributed by atoms with van der Waals surface area (Å²) >= 11 is 0. The van der Waals surface area contributed by atoms with Crippen molar-refractivity contribution in [2.45, 2.75) is 31.7 Å². The summed E-state index contributed by atoms with van der Waals surface area (Å²) in [5, 5.41) is 8.27. The van der Waals surface area contributed by atoms with E-state index in [1.807, 2.05) is 48.5 Å². The van der Waals surface area contributed by atoms with E-state index in [-0.39, 0.29) is 30.8 Å². The van der Waals surface area contributed by atoms with Crippen LogP contribution < -0.4 is 16.0 Å². The largest absolute Gasteiger partial charge is 0.356 e. The first-order valence-electron chi connectivity index (χ1n) is 10.3. The summed E-state index contributed by atoms with van der Waals surface area (Å²) in [7, 11) is 0. The molecule has 158 valence electrons. The van der Waals surface area contributed by atoms with Crippen LogP contribution in [-0.4, -0.2) is 42.4 Å². The van der Waals surface area contributed by atoms with Gasteiger partial charge in [-0.25, -0.2) is 4.79 Å². The van der Waals surface area contributed by atoms with Crippen molar-refractivity contribution >= 4 is 23.5 Å². The highest BCUT2D eigenvalue weighted by Crippen LogP contribution is 2.25. The lowest BCUT2D eigenvalue weighted by Gasteiger charge is -2.33. The Labute approximate surface area is 176 Å². The van der Waals surface area contributed by atoms with Crippen LogP contribution in [0.5, 0.6) is 0 Å². The zero-order valence-electron chi connectivity index (χ0n) is 17.0. The molecule has 7 nitrogen and oxygen atoms in total. The highest BCUT2D eigenvalue weighted by molar-refractivity contribution is 5.92. The maximum Gasteiger partial charge on any atom is 0.319 e. The lowest BCUT2D eigenvalue weighted by Crippen LogP contribution is -2.45. The molecule has 1 unspecified atom stereocenters. The normalized spacial score (nSPS) is 17.5. The first kappa shape index (κ1) is 21.4. The van der Waals surface area contributed by atoms with Crippen molar-refractivity contribution in [2.24, 2.45) is 0 Å². The van der Waals surface area contributed by atoms with Gasteiger partial charge in [0.1, 0.15) is 0 Å². The fraction of sp³-hybridized carbons (Fsp3) is 0.348. The van der Waals surface area contributed by atoms with Crippen molar-refractivity contribution in [3.8, 4) is 0 Å². The van der Waals surface area contributed by atoms with E-state index >= 15 is 0 Å². The predicted molar refractivity (Wildman–Crippen MR) is 116 cm³/mol. The zero-order chi connectivity index (χ0) is 21.2. The van der Waals surface area contributed by atoms with Gasteiger partial charge in [-0.15, -0.1) is 0 Å². The van der Waals surface area contributed by atoms with Crippen molar-refractivity contribution in [3.63, 3.8) is 0 Å². The number of hydrogen-bond acceptors (Lipinski definition) is 3. The summed E-state index contributed by atoms with van der Waals surface area (Å²) in [6.45, 7) is 1.08. The van der Waals surface area contributed by atoms with Gasteiger partial charge in [0, 0.05) is 18.8 Å². The lowest BCUT2D eigenvalue weighted by atomic mass is 10.00. The van der Waals surface area contributed by atoms with E-state index in [1.165, 1.54) is 0 Å². The highest BCUT2D eigenvalue weighted by Gasteiger charge is 2.27. The molecule has 1 saturated heterocycles. The van der Waals surface area contributed by atoms with Crippen LogP contribution in [0, 0.1) is 0 Å². The van der Waals surface area contributed by atoms with Gasteiger partial charge in [-0.3, -0.25) is 9.59 Å². The molecule has 0 bridgehead atoms. The Bertz CT molecular complexity index is 842. The first-order valence-corrected chi connectivity index (χ1v) is 10.3. The third-order valence-electron chi connectivity index (χ3n) is 5.09. The SMILES string of the molecule is O=C1CC(c2ccccc2)N(C(=O)CNC(=O)Nc2ccccc2)CCCCCN1. The standard InChI is InChI=1S/C23H28N4O3/c28-21-16-20(18-10-4-1-5-11-18)27(15-9-3-8-14-24-21)22(29)17-25-23(30)26-19-12-6-2-7-13-19/h1-2,4-7,10-13,20H,3,8-9,14-17H2,(H,24,28)(H2,25,26,30). The van der Waals surface area contributed by atoms with Crippen molar-refractivity contribution < 1.29 is 14.4 Å². The number of carbonyl (C=O) groups is 3. The first-order chi connectivity index (χ1) is 14.6. The highest BCUT2D eigenvalue weighted by atomic mass is 16.2. The molecule has 1 atom stereocenters. The molecule has 4 amide bonds. The summed E-state index contributed by atoms with van der Waals surface area (Å²) in [4.78, 5) is 39.3. The van der Waals surface area contributed by atoms with Gasteiger partial charge in [-0.05, 0) is 37.0 Å². The van der Waals surface area contributed by atoms with Gasteiger partial charge in [-0.1, -0.05) is 48.5 Å². The number of carbonyl (C=O) groups excluding carboxylic acids is 3. The van der Waals surface area contributed by atoms with Gasteiger partial charge >= 0.3 is 6.03 Å². The molecule has 1 aliphatic heterocycles. The van der Waals surface area contributed by atoms with Gasteiger partial charge in [-0.2, -0.15) is 0 Å². The van der Waals surface area contributed by atoms with Crippen LogP contribution in [0.2, 0.25) is 0 Å². The van der Waals surface area contributed by atoms with Crippen LogP contribution in [-0.2, 0) is 9.59 Å². The van der Waals surface area contributed by atoms with Crippen LogP contribution >= 0.6 is 0 Å². The van der Waals surface area contributed by atoms with E-state index in [0.29, 0.717) is 18.8 Å². The molecule has 3 rings (SSSR count). The molecule has 2 aromatic carbocycles. The second-order valence-corrected chi connectivity index (χ2v) is 7.30. The Morgan fingerprint density at radius 2 is 1.67 bits per heavy atom. The molecule has 3 N–H and O–H groups in total. The minimum atomic E-state index is -0.440. The molecule has 2 aromatic rings. The summed E-state index contributed by atoms with van der Waals surface area (Å²) in [5.74, 6) is -0.279. The van der Waals surface area contributed by atoms with E-state index in [1.54, 1.807) is 17.0 Å². The lowest BCUT2D eigenvalue weighted by molar-refractivity contribution is -0.134. The smallest absolute Gasteiger partial charge is 0.319 e. The number of urea groups is 1. The molecule has 0 spiro atoms. The number of amides is 4. The fourth-order valence-corrected chi connectivity index (χ4v) is 3.55. The number of nitrogens with zero attached hydrogens (tertiary/aromatic N) is 1. The quantitative estimate of drug-likeness (QED) is 0.726. The number of rotatable bonds is 4. The third-order valence-corrected chi connectivity index (χ3v) is 5.09. The van der Waals surface area contributed by atoms with Crippen molar-refractivity contribution in [1.29, 1.82) is 0 Å². The number of benzene rings is 2. The Morgan fingerprint density at radius 3 is 2.40 bits per heavy atom. The zero-order valence-corrected chi connectivity index (χ0v) is 17.0. The predicted octanol–water partition coefficient (Wildman–Crippen LogP) is 3.07. The van der Waals surface area contributed by atoms with Crippen LogP contribution in [0.25, 0.3) is 0 Å². The molecule has 0 saturated carbocycles. The second kappa shape index (κ2) is 11.0. The maximum absolute atomic E-state index is 13.1. The van der Waals surface area contributed by atoms with E-state index < -0.39 is 6.03 Å². The number of nitrogens with one attached hydrogen (secondary N) is 3. The summed E-state index contributed by atoms with van der Waals surface area (Å²) in [6, 6.07) is 17.8. The Morgan fingerprint density at radius 1 is 0.967 bits per heavy atom. The van der Waals surface area contributed by atoms with Crippen molar-refractivity contribution in [3.05, 3.63) is 66.2 Å². The molecule has 0 radical (unpaired) electrons. The molecule has 1 aliphatic rings. The minimum absolute atomic E-state index is 0.0710. The monoisotopic (exact) mass is 408 g/mol. The third kappa shape index (κ3) is 6.34. The van der Waals surface area contributed by atoms with Crippen molar-refractivity contribution in [1.82, 2.24) is 15.5 Å². The summed E-state index contributed by atoms with van der Waals surface area (Å²) in [5.41, 5.74) is 1.57. The topological polar surface area (TPSA) is 90.5 Å². The molecular weight excluding hydrogens is 380 g/mol. The number of para-hydroxylation sites is 1. The Balaban J connectivity index is 1.69. The molecule has 1 heterocycles. The second-order valence-electron chi connectivity index (χ2n) is 7.30. The molecule has 7 heteroatoms. The Hall–Kier alpha value is -3.35. The van der Waals surface area contributed by atoms with Crippen LogP contribution in [0.3, 0.4) is 0 Å². The van der Waals surface area contributed by atoms with Gasteiger partial charge in [0.2, 0.25) is 11.8 Å². The molecule has 0 aliphatic carbocycles. The molecule has 1 fully saturated rings. The van der Waals surface area contributed by atoms with E-state index in [4.69, 9.17) is 0 Å². The molecular formula is C23H28N4O3. The average Bonchev–Trinajstić information content (AvgIpc) is 2.77.